The number of carbonyl (C=O) groups is 1. The van der Waals surface area contributed by atoms with Gasteiger partial charge in [-0.2, -0.15) is 0 Å². The molecule has 2 aromatic rings. The third-order valence-electron chi connectivity index (χ3n) is 4.72. The Labute approximate surface area is 156 Å². The fourth-order valence-corrected chi connectivity index (χ4v) is 3.53. The van der Waals surface area contributed by atoms with Crippen molar-refractivity contribution in [2.75, 3.05) is 18.4 Å². The van der Waals surface area contributed by atoms with Crippen LogP contribution in [0.5, 0.6) is 0 Å². The van der Waals surface area contributed by atoms with Crippen molar-refractivity contribution < 1.29 is 14.6 Å². The number of likely N-dealkylation sites (tertiary alicyclic amines) is 1. The Kier molecular flexibility index (Phi) is 5.85. The summed E-state index contributed by atoms with van der Waals surface area (Å²) < 4.78 is 0. The summed E-state index contributed by atoms with van der Waals surface area (Å²) in [5.74, 6) is -0.113. The lowest BCUT2D eigenvalue weighted by Gasteiger charge is -2.30. The third kappa shape index (κ3) is 4.39. The second-order valence-electron chi connectivity index (χ2n) is 6.50. The first-order valence-corrected chi connectivity index (χ1v) is 9.08. The molecule has 1 atom stereocenters. The number of hydrogen-bond acceptors (Lipinski definition) is 3. The predicted molar refractivity (Wildman–Crippen MR) is 100 cm³/mol. The van der Waals surface area contributed by atoms with Gasteiger partial charge >= 0.3 is 0 Å². The molecule has 1 fully saturated rings. The molecular formula is C19H21ClN3O3+. The number of halogens is 1. The molecule has 0 aromatic heterocycles. The molecule has 0 unspecified atom stereocenters. The number of non-ortho nitro benzene ring substituents is 1. The number of amides is 1. The van der Waals surface area contributed by atoms with E-state index in [1.165, 1.54) is 23.5 Å². The van der Waals surface area contributed by atoms with Crippen molar-refractivity contribution in [3.05, 3.63) is 69.2 Å². The molecule has 3 rings (SSSR count). The summed E-state index contributed by atoms with van der Waals surface area (Å²) in [5.41, 5.74) is 1.50. The molecule has 136 valence electrons. The van der Waals surface area contributed by atoms with E-state index in [4.69, 9.17) is 11.6 Å². The van der Waals surface area contributed by atoms with Crippen LogP contribution in [0.4, 0.5) is 11.4 Å². The van der Waals surface area contributed by atoms with Gasteiger partial charge in [0, 0.05) is 28.4 Å². The molecule has 1 heterocycles. The Morgan fingerprint density at radius 1 is 1.04 bits per heavy atom. The van der Waals surface area contributed by atoms with Crippen LogP contribution in [0.15, 0.2) is 48.5 Å². The van der Waals surface area contributed by atoms with Crippen LogP contribution in [0.25, 0.3) is 0 Å². The lowest BCUT2D eigenvalue weighted by molar-refractivity contribution is -0.926. The highest BCUT2D eigenvalue weighted by Gasteiger charge is 2.33. The number of nitro groups is 1. The average molecular weight is 375 g/mol. The van der Waals surface area contributed by atoms with Crippen molar-refractivity contribution in [1.29, 1.82) is 0 Å². The lowest BCUT2D eigenvalue weighted by Crippen LogP contribution is -3.14. The van der Waals surface area contributed by atoms with E-state index in [-0.39, 0.29) is 11.6 Å². The van der Waals surface area contributed by atoms with Crippen LogP contribution in [0.2, 0.25) is 5.02 Å². The Balaban J connectivity index is 1.85. The largest absolute Gasteiger partial charge is 0.321 e. The minimum Gasteiger partial charge on any atom is -0.321 e. The summed E-state index contributed by atoms with van der Waals surface area (Å²) >= 11 is 5.90. The zero-order valence-electron chi connectivity index (χ0n) is 14.3. The quantitative estimate of drug-likeness (QED) is 0.624. The SMILES string of the molecule is O=C(Nc1ccc(Cl)cc1)[C@H](c1ccc([N+](=O)[O-])cc1)[NH+]1CCCCC1. The number of quaternary nitrogens is 1. The molecule has 2 aromatic carbocycles. The molecule has 1 aliphatic heterocycles. The van der Waals surface area contributed by atoms with Gasteiger partial charge in [-0.3, -0.25) is 14.9 Å². The van der Waals surface area contributed by atoms with E-state index in [9.17, 15) is 14.9 Å². The van der Waals surface area contributed by atoms with E-state index < -0.39 is 11.0 Å². The van der Waals surface area contributed by atoms with Gasteiger partial charge in [0.25, 0.3) is 11.6 Å². The molecule has 0 saturated carbocycles. The summed E-state index contributed by atoms with van der Waals surface area (Å²) in [5, 5.41) is 14.5. The van der Waals surface area contributed by atoms with Crippen molar-refractivity contribution in [2.24, 2.45) is 0 Å². The number of rotatable bonds is 5. The first-order valence-electron chi connectivity index (χ1n) is 8.70. The number of nitrogens with one attached hydrogen (secondary N) is 2. The van der Waals surface area contributed by atoms with E-state index in [1.54, 1.807) is 36.4 Å². The van der Waals surface area contributed by atoms with Gasteiger partial charge in [-0.15, -0.1) is 0 Å². The molecular weight excluding hydrogens is 354 g/mol. The van der Waals surface area contributed by atoms with Crippen LogP contribution in [0.3, 0.4) is 0 Å². The first-order chi connectivity index (χ1) is 12.5. The Morgan fingerprint density at radius 2 is 1.65 bits per heavy atom. The van der Waals surface area contributed by atoms with Crippen molar-refractivity contribution in [3.8, 4) is 0 Å². The maximum atomic E-state index is 13.0. The molecule has 7 heteroatoms. The highest BCUT2D eigenvalue weighted by Crippen LogP contribution is 2.20. The molecule has 1 saturated heterocycles. The summed E-state index contributed by atoms with van der Waals surface area (Å²) in [6.45, 7) is 1.82. The molecule has 0 aliphatic carbocycles. The average Bonchev–Trinajstić information content (AvgIpc) is 2.65. The van der Waals surface area contributed by atoms with Gasteiger partial charge in [0.2, 0.25) is 0 Å². The normalized spacial score (nSPS) is 16.0. The fraction of sp³-hybridized carbons (Fsp3) is 0.316. The zero-order chi connectivity index (χ0) is 18.5. The van der Waals surface area contributed by atoms with Crippen LogP contribution < -0.4 is 10.2 Å². The van der Waals surface area contributed by atoms with Crippen LogP contribution in [-0.4, -0.2) is 23.9 Å². The van der Waals surface area contributed by atoms with Crippen molar-refractivity contribution >= 4 is 28.9 Å². The van der Waals surface area contributed by atoms with Gasteiger partial charge < -0.3 is 10.2 Å². The minimum atomic E-state index is -0.430. The fourth-order valence-electron chi connectivity index (χ4n) is 3.40. The highest BCUT2D eigenvalue weighted by molar-refractivity contribution is 6.30. The van der Waals surface area contributed by atoms with Gasteiger partial charge in [0.1, 0.15) is 0 Å². The number of hydrogen-bond donors (Lipinski definition) is 2. The number of nitro benzene ring substituents is 1. The van der Waals surface area contributed by atoms with E-state index >= 15 is 0 Å². The van der Waals surface area contributed by atoms with Crippen LogP contribution in [-0.2, 0) is 4.79 Å². The van der Waals surface area contributed by atoms with Gasteiger partial charge in [-0.25, -0.2) is 0 Å². The van der Waals surface area contributed by atoms with Gasteiger partial charge in [0.15, 0.2) is 6.04 Å². The Morgan fingerprint density at radius 3 is 2.23 bits per heavy atom. The third-order valence-corrected chi connectivity index (χ3v) is 4.97. The molecule has 0 radical (unpaired) electrons. The summed E-state index contributed by atoms with van der Waals surface area (Å²) in [7, 11) is 0. The van der Waals surface area contributed by atoms with Crippen molar-refractivity contribution in [3.63, 3.8) is 0 Å². The van der Waals surface area contributed by atoms with Crippen LogP contribution in [0, 0.1) is 10.1 Å². The topological polar surface area (TPSA) is 76.7 Å². The smallest absolute Gasteiger partial charge is 0.287 e. The van der Waals surface area contributed by atoms with E-state index in [0.29, 0.717) is 10.7 Å². The van der Waals surface area contributed by atoms with Gasteiger partial charge in [0.05, 0.1) is 18.0 Å². The second kappa shape index (κ2) is 8.29. The monoisotopic (exact) mass is 374 g/mol. The highest BCUT2D eigenvalue weighted by atomic mass is 35.5. The van der Waals surface area contributed by atoms with Crippen molar-refractivity contribution in [1.82, 2.24) is 0 Å². The van der Waals surface area contributed by atoms with Gasteiger partial charge in [-0.1, -0.05) is 11.6 Å². The maximum Gasteiger partial charge on any atom is 0.287 e. The minimum absolute atomic E-state index is 0.0271. The number of benzene rings is 2. The lowest BCUT2D eigenvalue weighted by atomic mass is 10.0. The molecule has 1 aliphatic rings. The molecule has 2 N–H and O–H groups in total. The van der Waals surface area contributed by atoms with Crippen LogP contribution in [0.1, 0.15) is 30.9 Å². The van der Waals surface area contributed by atoms with E-state index in [2.05, 4.69) is 5.32 Å². The first kappa shape index (κ1) is 18.4. The Hall–Kier alpha value is -2.44. The summed E-state index contributed by atoms with van der Waals surface area (Å²) in [4.78, 5) is 24.7. The van der Waals surface area contributed by atoms with E-state index in [1.807, 2.05) is 0 Å². The second-order valence-corrected chi connectivity index (χ2v) is 6.93. The van der Waals surface area contributed by atoms with E-state index in [0.717, 1.165) is 31.5 Å². The van der Waals surface area contributed by atoms with Crippen molar-refractivity contribution in [2.45, 2.75) is 25.3 Å². The summed E-state index contributed by atoms with van der Waals surface area (Å²) in [6.07, 6.45) is 3.33. The standard InChI is InChI=1S/C19H20ClN3O3/c20-15-6-8-16(9-7-15)21-19(24)18(22-12-2-1-3-13-22)14-4-10-17(11-5-14)23(25)26/h4-11,18H,1-3,12-13H2,(H,21,24)/p+1/t18-/m0/s1. The summed E-state index contributed by atoms with van der Waals surface area (Å²) in [6, 6.07) is 12.9. The Bertz CT molecular complexity index is 772. The molecule has 0 bridgehead atoms. The number of nitrogens with zero attached hydrogens (tertiary/aromatic N) is 1. The molecule has 0 spiro atoms. The van der Waals surface area contributed by atoms with Gasteiger partial charge in [-0.05, 0) is 55.7 Å². The maximum absolute atomic E-state index is 13.0. The predicted octanol–water partition coefficient (Wildman–Crippen LogP) is 3.00. The molecule has 26 heavy (non-hydrogen) atoms. The molecule has 6 nitrogen and oxygen atoms in total. The number of piperidine rings is 1. The zero-order valence-corrected chi connectivity index (χ0v) is 15.0. The number of carbonyl (C=O) groups excluding carboxylic acids is 1. The number of anilines is 1. The molecule has 1 amide bonds. The van der Waals surface area contributed by atoms with Crippen LogP contribution >= 0.6 is 11.6 Å².